The quantitative estimate of drug-likeness (QED) is 0.556. The molecule has 1 aromatic carbocycles. The summed E-state index contributed by atoms with van der Waals surface area (Å²) < 4.78 is 0. The summed E-state index contributed by atoms with van der Waals surface area (Å²) in [4.78, 5) is 20.6. The summed E-state index contributed by atoms with van der Waals surface area (Å²) in [6.45, 7) is 8.07. The summed E-state index contributed by atoms with van der Waals surface area (Å²) in [7, 11) is -2.12. The Hall–Kier alpha value is -2.47. The molecule has 1 aliphatic carbocycles. The Morgan fingerprint density at radius 1 is 1.30 bits per heavy atom. The van der Waals surface area contributed by atoms with Crippen LogP contribution in [0.15, 0.2) is 51.6 Å². The van der Waals surface area contributed by atoms with Crippen molar-refractivity contribution in [3.63, 3.8) is 0 Å². The fourth-order valence-corrected chi connectivity index (χ4v) is 7.93. The Kier molecular flexibility index (Phi) is 5.75. The van der Waals surface area contributed by atoms with E-state index in [2.05, 4.69) is 54.1 Å². The van der Waals surface area contributed by atoms with Gasteiger partial charge in [-0.05, 0) is 73.1 Å². The highest BCUT2D eigenvalue weighted by molar-refractivity contribution is 7.02. The molecule has 6 heteroatoms. The third-order valence-corrected chi connectivity index (χ3v) is 9.73. The summed E-state index contributed by atoms with van der Waals surface area (Å²) in [5, 5.41) is 15.1. The molecule has 0 aromatic heterocycles. The highest BCUT2D eigenvalue weighted by Crippen LogP contribution is 2.35. The van der Waals surface area contributed by atoms with E-state index < -0.39 is 14.0 Å². The minimum atomic E-state index is -2.12. The summed E-state index contributed by atoms with van der Waals surface area (Å²) in [6.07, 6.45) is 7.15. The van der Waals surface area contributed by atoms with Crippen LogP contribution in [0.25, 0.3) is 0 Å². The Morgan fingerprint density at radius 2 is 2.11 bits per heavy atom. The van der Waals surface area contributed by atoms with E-state index >= 15 is 0 Å². The largest absolute Gasteiger partial charge is 0.481 e. The van der Waals surface area contributed by atoms with Crippen LogP contribution in [0.1, 0.15) is 26.7 Å². The van der Waals surface area contributed by atoms with Crippen molar-refractivity contribution in [3.05, 3.63) is 41.6 Å². The van der Waals surface area contributed by atoms with Crippen LogP contribution in [0.2, 0.25) is 12.6 Å². The molecule has 2 N–H and O–H groups in total. The van der Waals surface area contributed by atoms with Crippen LogP contribution in [0, 0.1) is 0 Å². The maximum atomic E-state index is 11.1. The number of aliphatic carboxylic acids is 1. The molecule has 1 unspecified atom stereocenters. The average molecular weight is 382 g/mol. The number of benzene rings is 1. The van der Waals surface area contributed by atoms with E-state index in [1.165, 1.54) is 10.4 Å². The lowest BCUT2D eigenvalue weighted by Crippen LogP contribution is -2.52. The number of allylic oxidation sites excluding steroid dienone is 4. The van der Waals surface area contributed by atoms with Crippen LogP contribution in [0.3, 0.4) is 0 Å². The molecular weight excluding hydrogens is 354 g/mol. The van der Waals surface area contributed by atoms with Crippen LogP contribution < -0.4 is 10.5 Å². The molecule has 142 valence electrons. The molecule has 3 rings (SSSR count). The van der Waals surface area contributed by atoms with Gasteiger partial charge in [-0.1, -0.05) is 6.55 Å². The first-order valence-corrected chi connectivity index (χ1v) is 12.3. The fraction of sp³-hybridized carbons (Fsp3) is 0.381. The van der Waals surface area contributed by atoms with Crippen molar-refractivity contribution in [1.29, 1.82) is 0 Å². The third-order valence-electron chi connectivity index (χ3n) is 5.20. The number of aliphatic imine (C=N–C) groups is 2. The molecule has 5 nitrogen and oxygen atoms in total. The van der Waals surface area contributed by atoms with Gasteiger partial charge in [0.05, 0.1) is 17.1 Å². The van der Waals surface area contributed by atoms with E-state index in [0.29, 0.717) is 6.42 Å². The second-order valence-electron chi connectivity index (χ2n) is 7.13. The predicted molar refractivity (Wildman–Crippen MR) is 116 cm³/mol. The van der Waals surface area contributed by atoms with Gasteiger partial charge in [0, 0.05) is 25.2 Å². The van der Waals surface area contributed by atoms with Crippen molar-refractivity contribution in [2.75, 3.05) is 18.4 Å². The first-order valence-electron chi connectivity index (χ1n) is 9.62. The number of rotatable bonds is 7. The van der Waals surface area contributed by atoms with E-state index in [-0.39, 0.29) is 6.42 Å². The molecule has 1 atom stereocenters. The molecule has 1 heterocycles. The van der Waals surface area contributed by atoms with E-state index in [9.17, 15) is 4.79 Å². The van der Waals surface area contributed by atoms with E-state index in [4.69, 9.17) is 10.1 Å². The Bertz CT molecular complexity index is 870. The van der Waals surface area contributed by atoms with Gasteiger partial charge in [0.15, 0.2) is 0 Å². The SMILES string of the molecule is CC/N=C1\C=CC2=Nc3ccc(NCC)cc3[Si](C)(CCCC(=O)O)C2=C1. The van der Waals surface area contributed by atoms with Gasteiger partial charge in [-0.25, -0.2) is 4.99 Å². The highest BCUT2D eigenvalue weighted by atomic mass is 28.3. The monoisotopic (exact) mass is 381 g/mol. The Morgan fingerprint density at radius 3 is 2.81 bits per heavy atom. The van der Waals surface area contributed by atoms with Crippen molar-refractivity contribution < 1.29 is 9.90 Å². The van der Waals surface area contributed by atoms with Crippen LogP contribution in [-0.4, -0.2) is 43.7 Å². The van der Waals surface area contributed by atoms with E-state index in [1.807, 2.05) is 13.0 Å². The molecular formula is C21H27N3O2Si. The summed E-state index contributed by atoms with van der Waals surface area (Å²) >= 11 is 0. The smallest absolute Gasteiger partial charge is 0.303 e. The molecule has 1 aliphatic heterocycles. The first kappa shape index (κ1) is 19.3. The van der Waals surface area contributed by atoms with Crippen molar-refractivity contribution in [3.8, 4) is 0 Å². The first-order chi connectivity index (χ1) is 13.0. The van der Waals surface area contributed by atoms with Gasteiger partial charge in [-0.3, -0.25) is 9.79 Å². The maximum Gasteiger partial charge on any atom is 0.303 e. The summed E-state index contributed by atoms with van der Waals surface area (Å²) in [5.74, 6) is -0.732. The molecule has 0 fully saturated rings. The van der Waals surface area contributed by atoms with Crippen molar-refractivity contribution in [2.24, 2.45) is 9.98 Å². The van der Waals surface area contributed by atoms with Crippen LogP contribution in [-0.2, 0) is 4.79 Å². The number of carboxylic acids is 1. The second-order valence-corrected chi connectivity index (χ2v) is 11.4. The zero-order valence-corrected chi connectivity index (χ0v) is 17.2. The lowest BCUT2D eigenvalue weighted by Gasteiger charge is -2.37. The van der Waals surface area contributed by atoms with Gasteiger partial charge in [-0.15, -0.1) is 0 Å². The molecule has 2 aliphatic rings. The van der Waals surface area contributed by atoms with Crippen LogP contribution in [0.5, 0.6) is 0 Å². The van der Waals surface area contributed by atoms with Gasteiger partial charge in [0.2, 0.25) is 0 Å². The molecule has 0 amide bonds. The fourth-order valence-electron chi connectivity index (χ4n) is 3.87. The predicted octanol–water partition coefficient (Wildman–Crippen LogP) is 3.85. The second kappa shape index (κ2) is 8.04. The van der Waals surface area contributed by atoms with Gasteiger partial charge in [0.1, 0.15) is 8.07 Å². The number of nitrogens with zero attached hydrogens (tertiary/aromatic N) is 2. The minimum absolute atomic E-state index is 0.205. The van der Waals surface area contributed by atoms with Gasteiger partial charge in [0.25, 0.3) is 0 Å². The molecule has 1 aromatic rings. The number of hydrogen-bond acceptors (Lipinski definition) is 4. The minimum Gasteiger partial charge on any atom is -0.481 e. The lowest BCUT2D eigenvalue weighted by molar-refractivity contribution is -0.137. The summed E-state index contributed by atoms with van der Waals surface area (Å²) in [6, 6.07) is 7.27. The average Bonchev–Trinajstić information content (AvgIpc) is 2.63. The number of carbonyl (C=O) groups is 1. The highest BCUT2D eigenvalue weighted by Gasteiger charge is 2.41. The molecule has 0 saturated carbocycles. The number of carboxylic acid groups (broad SMARTS) is 1. The van der Waals surface area contributed by atoms with Gasteiger partial charge in [-0.2, -0.15) is 0 Å². The summed E-state index contributed by atoms with van der Waals surface area (Å²) in [5.41, 5.74) is 4.11. The number of anilines is 1. The van der Waals surface area contributed by atoms with Gasteiger partial charge < -0.3 is 10.4 Å². The molecule has 27 heavy (non-hydrogen) atoms. The lowest BCUT2D eigenvalue weighted by atomic mass is 10.1. The van der Waals surface area contributed by atoms with Crippen molar-refractivity contribution in [2.45, 2.75) is 39.3 Å². The van der Waals surface area contributed by atoms with Crippen molar-refractivity contribution >= 4 is 42.0 Å². The number of hydrogen-bond donors (Lipinski definition) is 2. The Labute approximate surface area is 161 Å². The molecule has 0 saturated heterocycles. The van der Waals surface area contributed by atoms with E-state index in [0.717, 1.165) is 41.9 Å². The zero-order chi connectivity index (χ0) is 19.4. The van der Waals surface area contributed by atoms with Crippen molar-refractivity contribution in [1.82, 2.24) is 0 Å². The molecule has 0 bridgehead atoms. The number of fused-ring (bicyclic) bond motifs is 2. The zero-order valence-electron chi connectivity index (χ0n) is 16.2. The topological polar surface area (TPSA) is 74.0 Å². The Balaban J connectivity index is 2.10. The normalized spacial score (nSPS) is 22.0. The molecule has 0 radical (unpaired) electrons. The standard InChI is InChI=1S/C21H27N3O2Si/c1-4-22-15-8-10-17-19(13-15)27(3,12-6-7-21(25)26)20-14-16(23-5-2)9-11-18(20)24-17/h8-11,13-14,22H,4-7,12H2,1-3H3,(H,25,26)/b23-16+. The van der Waals surface area contributed by atoms with Crippen LogP contribution >= 0.6 is 0 Å². The van der Waals surface area contributed by atoms with Crippen LogP contribution in [0.4, 0.5) is 11.4 Å². The molecule has 0 spiro atoms. The number of nitrogens with one attached hydrogen (secondary N) is 1. The maximum absolute atomic E-state index is 11.1. The van der Waals surface area contributed by atoms with E-state index in [1.54, 1.807) is 0 Å². The third kappa shape index (κ3) is 3.95. The van der Waals surface area contributed by atoms with Gasteiger partial charge >= 0.3 is 5.97 Å².